The summed E-state index contributed by atoms with van der Waals surface area (Å²) in [5, 5.41) is 5.08. The van der Waals surface area contributed by atoms with E-state index in [9.17, 15) is 4.79 Å². The molecule has 7 heteroatoms. The van der Waals surface area contributed by atoms with Crippen molar-refractivity contribution in [1.82, 2.24) is 9.99 Å². The van der Waals surface area contributed by atoms with Gasteiger partial charge in [-0.3, -0.25) is 4.79 Å². The fraction of sp³-hybridized carbons (Fsp3) is 0.182. The zero-order valence-corrected chi connectivity index (χ0v) is 17.9. The maximum absolute atomic E-state index is 12.3. The molecule has 0 aliphatic heterocycles. The zero-order valence-electron chi connectivity index (χ0n) is 16.4. The monoisotopic (exact) mass is 429 g/mol. The standard InChI is InChI=1S/C22H21Cl2N3O2/c1-4-29-18-10-8-16(9-11-18)22(28)26-25-13-17-12-14(2)27(15(17)3)20-7-5-6-19(23)21(20)24/h5-13H,4H2,1-3H3,(H,26,28)/b25-13+. The van der Waals surface area contributed by atoms with Crippen molar-refractivity contribution >= 4 is 35.3 Å². The van der Waals surface area contributed by atoms with Gasteiger partial charge in [-0.05, 0) is 63.2 Å². The molecule has 150 valence electrons. The molecule has 1 aromatic heterocycles. The third-order valence-electron chi connectivity index (χ3n) is 4.44. The van der Waals surface area contributed by atoms with Gasteiger partial charge in [-0.1, -0.05) is 29.3 Å². The quantitative estimate of drug-likeness (QED) is 0.411. The van der Waals surface area contributed by atoms with Crippen LogP contribution in [0.25, 0.3) is 5.69 Å². The molecular weight excluding hydrogens is 409 g/mol. The first kappa shape index (κ1) is 21.0. The lowest BCUT2D eigenvalue weighted by Crippen LogP contribution is -2.17. The highest BCUT2D eigenvalue weighted by molar-refractivity contribution is 6.43. The van der Waals surface area contributed by atoms with Crippen molar-refractivity contribution in [1.29, 1.82) is 0 Å². The molecule has 5 nitrogen and oxygen atoms in total. The summed E-state index contributed by atoms with van der Waals surface area (Å²) in [7, 11) is 0. The van der Waals surface area contributed by atoms with Gasteiger partial charge in [0.15, 0.2) is 0 Å². The Morgan fingerprint density at radius 3 is 2.59 bits per heavy atom. The Kier molecular flexibility index (Phi) is 6.62. The number of rotatable bonds is 6. The summed E-state index contributed by atoms with van der Waals surface area (Å²) in [5.74, 6) is 0.427. The summed E-state index contributed by atoms with van der Waals surface area (Å²) in [6.07, 6.45) is 1.61. The molecule has 0 saturated heterocycles. The molecule has 0 unspecified atom stereocenters. The molecule has 0 atom stereocenters. The van der Waals surface area contributed by atoms with Gasteiger partial charge in [-0.2, -0.15) is 5.10 Å². The zero-order chi connectivity index (χ0) is 21.0. The van der Waals surface area contributed by atoms with Crippen LogP contribution in [0, 0.1) is 13.8 Å². The van der Waals surface area contributed by atoms with Crippen molar-refractivity contribution in [3.05, 3.63) is 81.1 Å². The molecule has 1 amide bonds. The second kappa shape index (κ2) is 9.16. The molecule has 3 rings (SSSR count). The van der Waals surface area contributed by atoms with Crippen LogP contribution in [-0.2, 0) is 0 Å². The van der Waals surface area contributed by atoms with Crippen LogP contribution in [0.15, 0.2) is 53.6 Å². The third-order valence-corrected chi connectivity index (χ3v) is 5.25. The summed E-state index contributed by atoms with van der Waals surface area (Å²) < 4.78 is 7.38. The number of nitrogens with one attached hydrogen (secondary N) is 1. The summed E-state index contributed by atoms with van der Waals surface area (Å²) in [4.78, 5) is 12.3. The Labute approximate surface area is 179 Å². The second-order valence-corrected chi connectivity index (χ2v) is 7.18. The van der Waals surface area contributed by atoms with Crippen LogP contribution >= 0.6 is 23.2 Å². The molecule has 0 aliphatic carbocycles. The number of carbonyl (C=O) groups excluding carboxylic acids is 1. The highest BCUT2D eigenvalue weighted by atomic mass is 35.5. The van der Waals surface area contributed by atoms with Crippen LogP contribution in [0.4, 0.5) is 0 Å². The maximum atomic E-state index is 12.3. The molecule has 0 spiro atoms. The number of ether oxygens (including phenoxy) is 1. The first-order valence-electron chi connectivity index (χ1n) is 9.12. The summed E-state index contributed by atoms with van der Waals surface area (Å²) in [5.41, 5.74) is 6.63. The molecule has 0 fully saturated rings. The van der Waals surface area contributed by atoms with E-state index in [0.29, 0.717) is 22.2 Å². The van der Waals surface area contributed by atoms with Crippen molar-refractivity contribution in [2.24, 2.45) is 5.10 Å². The molecule has 0 radical (unpaired) electrons. The van der Waals surface area contributed by atoms with Gasteiger partial charge < -0.3 is 9.30 Å². The van der Waals surface area contributed by atoms with Crippen LogP contribution in [0.2, 0.25) is 10.0 Å². The first-order valence-corrected chi connectivity index (χ1v) is 9.87. The smallest absolute Gasteiger partial charge is 0.271 e. The van der Waals surface area contributed by atoms with E-state index in [4.69, 9.17) is 27.9 Å². The van der Waals surface area contributed by atoms with E-state index in [1.54, 1.807) is 36.5 Å². The summed E-state index contributed by atoms with van der Waals surface area (Å²) >= 11 is 12.5. The van der Waals surface area contributed by atoms with Crippen LogP contribution in [0.1, 0.15) is 34.2 Å². The lowest BCUT2D eigenvalue weighted by Gasteiger charge is -2.12. The molecule has 0 bridgehead atoms. The Bertz CT molecular complexity index is 1060. The molecule has 3 aromatic rings. The molecule has 1 heterocycles. The Morgan fingerprint density at radius 2 is 1.90 bits per heavy atom. The summed E-state index contributed by atoms with van der Waals surface area (Å²) in [6, 6.07) is 14.4. The molecule has 29 heavy (non-hydrogen) atoms. The van der Waals surface area contributed by atoms with Gasteiger partial charge in [0.2, 0.25) is 0 Å². The van der Waals surface area contributed by atoms with E-state index in [-0.39, 0.29) is 5.91 Å². The number of hydrogen-bond donors (Lipinski definition) is 1. The average molecular weight is 430 g/mol. The fourth-order valence-electron chi connectivity index (χ4n) is 3.05. The normalized spacial score (nSPS) is 11.1. The first-order chi connectivity index (χ1) is 13.9. The van der Waals surface area contributed by atoms with E-state index in [1.807, 2.05) is 43.5 Å². The number of aryl methyl sites for hydroxylation is 1. The van der Waals surface area contributed by atoms with Crippen molar-refractivity contribution < 1.29 is 9.53 Å². The predicted molar refractivity (Wildman–Crippen MR) is 118 cm³/mol. The van der Waals surface area contributed by atoms with Crippen LogP contribution in [0.5, 0.6) is 5.75 Å². The van der Waals surface area contributed by atoms with Gasteiger partial charge in [0.1, 0.15) is 5.75 Å². The van der Waals surface area contributed by atoms with Gasteiger partial charge in [0.05, 0.1) is 28.6 Å². The molecule has 1 N–H and O–H groups in total. The number of halogens is 2. The van der Waals surface area contributed by atoms with Crippen LogP contribution in [0.3, 0.4) is 0 Å². The highest BCUT2D eigenvalue weighted by Gasteiger charge is 2.13. The minimum Gasteiger partial charge on any atom is -0.494 e. The van der Waals surface area contributed by atoms with Gasteiger partial charge >= 0.3 is 0 Å². The highest BCUT2D eigenvalue weighted by Crippen LogP contribution is 2.31. The van der Waals surface area contributed by atoms with Crippen molar-refractivity contribution in [2.75, 3.05) is 6.61 Å². The van der Waals surface area contributed by atoms with Gasteiger partial charge in [0, 0.05) is 22.5 Å². The van der Waals surface area contributed by atoms with Gasteiger partial charge in [-0.15, -0.1) is 0 Å². The number of aromatic nitrogens is 1. The number of hydrogen-bond acceptors (Lipinski definition) is 3. The number of carbonyl (C=O) groups is 1. The third kappa shape index (κ3) is 4.63. The van der Waals surface area contributed by atoms with Gasteiger partial charge in [0.25, 0.3) is 5.91 Å². The van der Waals surface area contributed by atoms with Crippen molar-refractivity contribution in [3.8, 4) is 11.4 Å². The molecule has 2 aromatic carbocycles. The molecular formula is C22H21Cl2N3O2. The Morgan fingerprint density at radius 1 is 1.17 bits per heavy atom. The Hall–Kier alpha value is -2.76. The molecule has 0 aliphatic rings. The lowest BCUT2D eigenvalue weighted by atomic mass is 10.2. The SMILES string of the molecule is CCOc1ccc(C(=O)N/N=C/c2cc(C)n(-c3cccc(Cl)c3Cl)c2C)cc1. The Balaban J connectivity index is 1.76. The lowest BCUT2D eigenvalue weighted by molar-refractivity contribution is 0.0955. The van der Waals surface area contributed by atoms with Gasteiger partial charge in [-0.25, -0.2) is 5.43 Å². The maximum Gasteiger partial charge on any atom is 0.271 e. The molecule has 0 saturated carbocycles. The minimum absolute atomic E-state index is 0.295. The second-order valence-electron chi connectivity index (χ2n) is 6.39. The largest absolute Gasteiger partial charge is 0.494 e. The predicted octanol–water partition coefficient (Wildman–Crippen LogP) is 5.56. The van der Waals surface area contributed by atoms with E-state index < -0.39 is 0 Å². The number of nitrogens with zero attached hydrogens (tertiary/aromatic N) is 2. The van der Waals surface area contributed by atoms with Crippen LogP contribution in [-0.4, -0.2) is 23.3 Å². The fourth-order valence-corrected chi connectivity index (χ4v) is 3.43. The number of hydrazone groups is 1. The summed E-state index contributed by atoms with van der Waals surface area (Å²) in [6.45, 7) is 6.42. The average Bonchev–Trinajstić information content (AvgIpc) is 2.98. The van der Waals surface area contributed by atoms with E-state index in [0.717, 1.165) is 28.4 Å². The topological polar surface area (TPSA) is 55.6 Å². The minimum atomic E-state index is -0.295. The number of amides is 1. The van der Waals surface area contributed by atoms with E-state index in [2.05, 4.69) is 10.5 Å². The number of benzene rings is 2. The van der Waals surface area contributed by atoms with Crippen molar-refractivity contribution in [3.63, 3.8) is 0 Å². The van der Waals surface area contributed by atoms with E-state index in [1.165, 1.54) is 0 Å². The van der Waals surface area contributed by atoms with Crippen molar-refractivity contribution in [2.45, 2.75) is 20.8 Å². The van der Waals surface area contributed by atoms with Crippen LogP contribution < -0.4 is 10.2 Å². The van der Waals surface area contributed by atoms with E-state index >= 15 is 0 Å².